The second-order valence-electron chi connectivity index (χ2n) is 4.17. The second-order valence-corrected chi connectivity index (χ2v) is 4.17. The van der Waals surface area contributed by atoms with Gasteiger partial charge in [-0.3, -0.25) is 4.99 Å². The van der Waals surface area contributed by atoms with E-state index in [4.69, 9.17) is 0 Å². The van der Waals surface area contributed by atoms with Crippen molar-refractivity contribution in [1.82, 2.24) is 0 Å². The highest BCUT2D eigenvalue weighted by molar-refractivity contribution is 5.68. The van der Waals surface area contributed by atoms with E-state index < -0.39 is 0 Å². The van der Waals surface area contributed by atoms with Crippen molar-refractivity contribution in [2.45, 2.75) is 41.5 Å². The third-order valence-corrected chi connectivity index (χ3v) is 2.22. The van der Waals surface area contributed by atoms with Crippen molar-refractivity contribution < 1.29 is 0 Å². The molecule has 0 aliphatic carbocycles. The molecule has 0 aliphatic heterocycles. The first kappa shape index (κ1) is 15.6. The van der Waals surface area contributed by atoms with Crippen LogP contribution in [-0.4, -0.2) is 6.21 Å². The molecule has 0 fully saturated rings. The Morgan fingerprint density at radius 3 is 2.29 bits per heavy atom. The molecule has 1 nitrogen and oxygen atoms in total. The topological polar surface area (TPSA) is 12.4 Å². The summed E-state index contributed by atoms with van der Waals surface area (Å²) in [6.07, 6.45) is 3.89. The number of hydrogen-bond acceptors (Lipinski definition) is 1. The van der Waals surface area contributed by atoms with Crippen LogP contribution < -0.4 is 0 Å². The van der Waals surface area contributed by atoms with Gasteiger partial charge in [-0.1, -0.05) is 52.0 Å². The molecule has 0 atom stereocenters. The lowest BCUT2D eigenvalue weighted by molar-refractivity contribution is 0.907. The second kappa shape index (κ2) is 8.74. The van der Waals surface area contributed by atoms with E-state index in [1.807, 2.05) is 26.3 Å². The van der Waals surface area contributed by atoms with Crippen molar-refractivity contribution in [3.8, 4) is 0 Å². The molecule has 1 rings (SSSR count). The van der Waals surface area contributed by atoms with Crippen LogP contribution in [0.3, 0.4) is 0 Å². The first-order chi connectivity index (χ1) is 8.11. The predicted molar refractivity (Wildman–Crippen MR) is 79.5 cm³/mol. The van der Waals surface area contributed by atoms with Gasteiger partial charge in [0, 0.05) is 12.4 Å². The summed E-state index contributed by atoms with van der Waals surface area (Å²) in [5.74, 6) is 0.505. The molecule has 0 N–H and O–H groups in total. The van der Waals surface area contributed by atoms with Gasteiger partial charge in [-0.15, -0.1) is 0 Å². The summed E-state index contributed by atoms with van der Waals surface area (Å²) < 4.78 is 0. The van der Waals surface area contributed by atoms with Crippen LogP contribution in [0.2, 0.25) is 0 Å². The number of aryl methyl sites for hydroxylation is 1. The summed E-state index contributed by atoms with van der Waals surface area (Å²) in [5, 5.41) is 0. The van der Waals surface area contributed by atoms with E-state index in [2.05, 4.69) is 57.0 Å². The van der Waals surface area contributed by atoms with Gasteiger partial charge in [0.2, 0.25) is 0 Å². The largest absolute Gasteiger partial charge is 0.269 e. The molecule has 0 saturated heterocycles. The number of benzene rings is 1. The predicted octanol–water partition coefficient (Wildman–Crippen LogP) is 5.11. The molecule has 1 heteroatoms. The Morgan fingerprint density at radius 2 is 1.76 bits per heavy atom. The maximum absolute atomic E-state index is 4.30. The molecule has 0 radical (unpaired) electrons. The fraction of sp³-hybridized carbons (Fsp3) is 0.438. The number of hydrogen-bond donors (Lipinski definition) is 0. The highest BCUT2D eigenvalue weighted by Gasteiger charge is 1.97. The Bertz CT molecular complexity index is 373. The summed E-state index contributed by atoms with van der Waals surface area (Å²) in [4.78, 5) is 4.30. The van der Waals surface area contributed by atoms with E-state index in [0.717, 1.165) is 0 Å². The van der Waals surface area contributed by atoms with E-state index in [0.29, 0.717) is 5.92 Å². The average Bonchev–Trinajstić information content (AvgIpc) is 2.31. The minimum Gasteiger partial charge on any atom is -0.269 e. The molecular formula is C16H25N. The first-order valence-electron chi connectivity index (χ1n) is 6.37. The van der Waals surface area contributed by atoms with Gasteiger partial charge in [0.15, 0.2) is 0 Å². The van der Waals surface area contributed by atoms with Gasteiger partial charge in [0.1, 0.15) is 0 Å². The minimum atomic E-state index is 0.505. The van der Waals surface area contributed by atoms with Crippen LogP contribution in [-0.2, 0) is 0 Å². The van der Waals surface area contributed by atoms with Crippen LogP contribution in [0.5, 0.6) is 0 Å². The average molecular weight is 231 g/mol. The molecule has 0 amide bonds. The molecule has 0 heterocycles. The van der Waals surface area contributed by atoms with Gasteiger partial charge >= 0.3 is 0 Å². The molecule has 0 spiro atoms. The van der Waals surface area contributed by atoms with Crippen LogP contribution >= 0.6 is 0 Å². The van der Waals surface area contributed by atoms with E-state index in [1.54, 1.807) is 0 Å². The Labute approximate surface area is 106 Å². The normalized spacial score (nSPS) is 11.6. The third kappa shape index (κ3) is 6.06. The smallest absolute Gasteiger partial charge is 0.0299 e. The van der Waals surface area contributed by atoms with Gasteiger partial charge in [0.05, 0.1) is 0 Å². The Hall–Kier alpha value is -1.37. The highest BCUT2D eigenvalue weighted by atomic mass is 14.7. The summed E-state index contributed by atoms with van der Waals surface area (Å²) in [5.41, 5.74) is 3.79. The minimum absolute atomic E-state index is 0.505. The van der Waals surface area contributed by atoms with Crippen molar-refractivity contribution in [3.05, 3.63) is 41.6 Å². The lowest BCUT2D eigenvalue weighted by Gasteiger charge is -2.03. The van der Waals surface area contributed by atoms with Gasteiger partial charge in [-0.05, 0) is 36.5 Å². The Balaban J connectivity index is 0.00000121. The van der Waals surface area contributed by atoms with E-state index in [-0.39, 0.29) is 0 Å². The Morgan fingerprint density at radius 1 is 1.18 bits per heavy atom. The van der Waals surface area contributed by atoms with Gasteiger partial charge in [-0.25, -0.2) is 0 Å². The number of aliphatic imine (C=N–C) groups is 1. The van der Waals surface area contributed by atoms with E-state index in [9.17, 15) is 0 Å². The van der Waals surface area contributed by atoms with Crippen LogP contribution in [0.25, 0.3) is 5.57 Å². The summed E-state index contributed by atoms with van der Waals surface area (Å²) in [6.45, 7) is 12.5. The Kier molecular flexibility index (Phi) is 8.04. The standard InChI is InChI=1S/C14H19N.C2H6/c1-11(2)9-15-10-13(4)14-8-6-5-7-12(14)3;1-2/h5-11H,1-4H3;1-2H3/b13-10+,15-9?;. The molecule has 0 unspecified atom stereocenters. The van der Waals surface area contributed by atoms with Crippen molar-refractivity contribution in [2.75, 3.05) is 0 Å². The van der Waals surface area contributed by atoms with Crippen LogP contribution in [0, 0.1) is 12.8 Å². The quantitative estimate of drug-likeness (QED) is 0.641. The summed E-state index contributed by atoms with van der Waals surface area (Å²) >= 11 is 0. The fourth-order valence-corrected chi connectivity index (χ4v) is 1.41. The summed E-state index contributed by atoms with van der Waals surface area (Å²) in [6, 6.07) is 8.38. The van der Waals surface area contributed by atoms with Gasteiger partial charge in [-0.2, -0.15) is 0 Å². The zero-order chi connectivity index (χ0) is 13.3. The van der Waals surface area contributed by atoms with Crippen LogP contribution in [0.4, 0.5) is 0 Å². The van der Waals surface area contributed by atoms with Crippen molar-refractivity contribution in [1.29, 1.82) is 0 Å². The number of rotatable bonds is 3. The molecule has 1 aromatic rings. The van der Waals surface area contributed by atoms with Gasteiger partial charge in [0.25, 0.3) is 0 Å². The van der Waals surface area contributed by atoms with Crippen molar-refractivity contribution >= 4 is 11.8 Å². The summed E-state index contributed by atoms with van der Waals surface area (Å²) in [7, 11) is 0. The molecule has 1 aromatic carbocycles. The molecule has 17 heavy (non-hydrogen) atoms. The first-order valence-corrected chi connectivity index (χ1v) is 6.37. The molecule has 0 saturated carbocycles. The highest BCUT2D eigenvalue weighted by Crippen LogP contribution is 2.17. The van der Waals surface area contributed by atoms with E-state index in [1.165, 1.54) is 16.7 Å². The van der Waals surface area contributed by atoms with Crippen molar-refractivity contribution in [2.24, 2.45) is 10.9 Å². The number of nitrogens with zero attached hydrogens (tertiary/aromatic N) is 1. The zero-order valence-corrected chi connectivity index (χ0v) is 12.0. The molecule has 0 aromatic heterocycles. The molecule has 0 bridgehead atoms. The molecular weight excluding hydrogens is 206 g/mol. The lowest BCUT2D eigenvalue weighted by Crippen LogP contribution is -1.87. The SMILES string of the molecule is C/C(=C\N=CC(C)C)c1ccccc1C.CC. The molecule has 0 aliphatic rings. The van der Waals surface area contributed by atoms with Crippen LogP contribution in [0.1, 0.15) is 45.7 Å². The zero-order valence-electron chi connectivity index (χ0n) is 12.0. The van der Waals surface area contributed by atoms with Crippen molar-refractivity contribution in [3.63, 3.8) is 0 Å². The lowest BCUT2D eigenvalue weighted by atomic mass is 10.0. The molecule has 94 valence electrons. The fourth-order valence-electron chi connectivity index (χ4n) is 1.41. The maximum atomic E-state index is 4.30. The maximum Gasteiger partial charge on any atom is 0.0299 e. The third-order valence-electron chi connectivity index (χ3n) is 2.22. The van der Waals surface area contributed by atoms with E-state index >= 15 is 0 Å². The monoisotopic (exact) mass is 231 g/mol. The van der Waals surface area contributed by atoms with Crippen LogP contribution in [0.15, 0.2) is 35.5 Å². The number of allylic oxidation sites excluding steroid dienone is 1. The van der Waals surface area contributed by atoms with Gasteiger partial charge < -0.3 is 0 Å².